The van der Waals surface area contributed by atoms with Gasteiger partial charge in [0.1, 0.15) is 5.75 Å². The zero-order chi connectivity index (χ0) is 20.2. The maximum Gasteiger partial charge on any atom is 0.251 e. The number of aromatic nitrogens is 1. The molecule has 1 aromatic heterocycles. The number of para-hydroxylation sites is 1. The summed E-state index contributed by atoms with van der Waals surface area (Å²) in [6.07, 6.45) is 0.576. The Kier molecular flexibility index (Phi) is 6.08. The van der Waals surface area contributed by atoms with Gasteiger partial charge in [0.2, 0.25) is 0 Å². The predicted molar refractivity (Wildman–Crippen MR) is 108 cm³/mol. The van der Waals surface area contributed by atoms with E-state index in [0.29, 0.717) is 37.2 Å². The molecule has 1 saturated heterocycles. The fourth-order valence-electron chi connectivity index (χ4n) is 3.94. The highest BCUT2D eigenvalue weighted by molar-refractivity contribution is 5.94. The maximum absolute atomic E-state index is 12.9. The van der Waals surface area contributed by atoms with Crippen LogP contribution in [-0.4, -0.2) is 51.0 Å². The van der Waals surface area contributed by atoms with Crippen LogP contribution in [0.5, 0.6) is 5.75 Å². The van der Waals surface area contributed by atoms with Crippen LogP contribution >= 0.6 is 0 Å². The molecule has 4 rings (SSSR count). The molecule has 2 aliphatic rings. The van der Waals surface area contributed by atoms with E-state index in [4.69, 9.17) is 19.2 Å². The lowest BCUT2D eigenvalue weighted by atomic mass is 10.1. The zero-order valence-corrected chi connectivity index (χ0v) is 16.8. The van der Waals surface area contributed by atoms with Crippen molar-refractivity contribution >= 4 is 5.91 Å². The molecule has 1 aromatic carbocycles. The van der Waals surface area contributed by atoms with Gasteiger partial charge in [-0.25, -0.2) is 0 Å². The predicted octanol–water partition coefficient (Wildman–Crippen LogP) is 1.75. The van der Waals surface area contributed by atoms with Gasteiger partial charge in [0, 0.05) is 41.1 Å². The highest BCUT2D eigenvalue weighted by Crippen LogP contribution is 2.44. The van der Waals surface area contributed by atoms with Crippen molar-refractivity contribution in [2.75, 3.05) is 34.1 Å². The summed E-state index contributed by atoms with van der Waals surface area (Å²) in [5.41, 5.74) is 3.18. The van der Waals surface area contributed by atoms with Crippen molar-refractivity contribution in [3.63, 3.8) is 0 Å². The molecule has 0 radical (unpaired) electrons. The van der Waals surface area contributed by atoms with Gasteiger partial charge in [0.25, 0.3) is 5.91 Å². The Morgan fingerprint density at radius 2 is 1.97 bits per heavy atom. The fraction of sp³-hybridized carbons (Fsp3) is 0.455. The molecule has 29 heavy (non-hydrogen) atoms. The van der Waals surface area contributed by atoms with Crippen LogP contribution in [0.25, 0.3) is 0 Å². The van der Waals surface area contributed by atoms with E-state index in [9.17, 15) is 4.79 Å². The molecule has 2 heterocycles. The number of fused-ring (bicyclic) bond motifs is 1. The van der Waals surface area contributed by atoms with Gasteiger partial charge < -0.3 is 19.5 Å². The van der Waals surface area contributed by atoms with Crippen molar-refractivity contribution in [3.05, 3.63) is 58.9 Å². The maximum atomic E-state index is 12.9. The van der Waals surface area contributed by atoms with Crippen molar-refractivity contribution in [2.45, 2.75) is 19.1 Å². The number of methoxy groups -OCH3 is 1. The van der Waals surface area contributed by atoms with Crippen LogP contribution in [0.4, 0.5) is 0 Å². The third-order valence-electron chi connectivity index (χ3n) is 5.50. The van der Waals surface area contributed by atoms with Crippen LogP contribution < -0.4 is 15.4 Å². The highest BCUT2D eigenvalue weighted by Gasteiger charge is 2.54. The van der Waals surface area contributed by atoms with E-state index in [1.165, 1.54) is 0 Å². The first-order chi connectivity index (χ1) is 14.2. The summed E-state index contributed by atoms with van der Waals surface area (Å²) in [6.45, 7) is 2.25. The summed E-state index contributed by atoms with van der Waals surface area (Å²) in [5.74, 6) is 1.67. The molecule has 1 unspecified atom stereocenters. The van der Waals surface area contributed by atoms with E-state index >= 15 is 0 Å². The van der Waals surface area contributed by atoms with E-state index in [2.05, 4.69) is 10.6 Å². The summed E-state index contributed by atoms with van der Waals surface area (Å²) >= 11 is 0. The van der Waals surface area contributed by atoms with Crippen molar-refractivity contribution in [1.82, 2.24) is 15.6 Å². The number of benzene rings is 1. The Labute approximate surface area is 170 Å². The Hall–Kier alpha value is -2.48. The Morgan fingerprint density at radius 3 is 2.72 bits per heavy atom. The second-order valence-corrected chi connectivity index (χ2v) is 7.54. The van der Waals surface area contributed by atoms with Crippen molar-refractivity contribution < 1.29 is 19.0 Å². The molecule has 1 saturated carbocycles. The molecule has 2 N–H and O–H groups in total. The van der Waals surface area contributed by atoms with Gasteiger partial charge in [-0.05, 0) is 25.2 Å². The zero-order valence-electron chi connectivity index (χ0n) is 16.8. The standard InChI is InChI=1S/C22H27N3O4/c1-23-13-29-10-17-9-15(22(26)25-21-18-11-28-12-19(18)21)8-16(24-17)7-14-5-3-4-6-20(14)27-2/h3-6,8-9,18-19,21,23H,7,10-13H2,1-2H3,(H,25,26)/t18-,19+,21?. The molecule has 0 bridgehead atoms. The average molecular weight is 397 g/mol. The largest absolute Gasteiger partial charge is 0.496 e. The van der Waals surface area contributed by atoms with Crippen LogP contribution in [0.2, 0.25) is 0 Å². The van der Waals surface area contributed by atoms with E-state index < -0.39 is 0 Å². The summed E-state index contributed by atoms with van der Waals surface area (Å²) in [4.78, 5) is 17.6. The third-order valence-corrected chi connectivity index (χ3v) is 5.50. The molecular formula is C22H27N3O4. The van der Waals surface area contributed by atoms with Crippen LogP contribution in [0, 0.1) is 11.8 Å². The molecule has 7 heteroatoms. The topological polar surface area (TPSA) is 81.7 Å². The number of ether oxygens (including phenoxy) is 3. The molecule has 7 nitrogen and oxygen atoms in total. The monoisotopic (exact) mass is 397 g/mol. The van der Waals surface area contributed by atoms with Crippen LogP contribution in [0.1, 0.15) is 27.3 Å². The van der Waals surface area contributed by atoms with Gasteiger partial charge in [-0.3, -0.25) is 15.1 Å². The van der Waals surface area contributed by atoms with Crippen molar-refractivity contribution in [2.24, 2.45) is 11.8 Å². The van der Waals surface area contributed by atoms with Gasteiger partial charge in [0.05, 0.1) is 39.4 Å². The number of hydrogen-bond acceptors (Lipinski definition) is 6. The van der Waals surface area contributed by atoms with E-state index in [1.54, 1.807) is 7.11 Å². The Bertz CT molecular complexity index is 863. The number of hydrogen-bond donors (Lipinski definition) is 2. The van der Waals surface area contributed by atoms with Crippen LogP contribution in [0.15, 0.2) is 36.4 Å². The summed E-state index contributed by atoms with van der Waals surface area (Å²) in [6, 6.07) is 11.7. The Morgan fingerprint density at radius 1 is 1.21 bits per heavy atom. The lowest BCUT2D eigenvalue weighted by Crippen LogP contribution is -2.30. The summed E-state index contributed by atoms with van der Waals surface area (Å²) < 4.78 is 16.4. The van der Waals surface area contributed by atoms with Gasteiger partial charge >= 0.3 is 0 Å². The quantitative estimate of drug-likeness (QED) is 0.496. The third kappa shape index (κ3) is 4.58. The first kappa shape index (κ1) is 19.8. The average Bonchev–Trinajstić information content (AvgIpc) is 3.14. The molecule has 1 aliphatic heterocycles. The normalized spacial score (nSPS) is 22.2. The van der Waals surface area contributed by atoms with Crippen LogP contribution in [0.3, 0.4) is 0 Å². The molecule has 0 spiro atoms. The van der Waals surface area contributed by atoms with Gasteiger partial charge in [-0.1, -0.05) is 18.2 Å². The minimum absolute atomic E-state index is 0.0667. The smallest absolute Gasteiger partial charge is 0.251 e. The number of nitrogens with one attached hydrogen (secondary N) is 2. The molecule has 154 valence electrons. The summed E-state index contributed by atoms with van der Waals surface area (Å²) in [5, 5.41) is 6.10. The first-order valence-electron chi connectivity index (χ1n) is 9.92. The van der Waals surface area contributed by atoms with E-state index in [-0.39, 0.29) is 11.9 Å². The van der Waals surface area contributed by atoms with Gasteiger partial charge in [-0.15, -0.1) is 0 Å². The Balaban J connectivity index is 1.53. The van der Waals surface area contributed by atoms with Crippen LogP contribution in [-0.2, 0) is 22.5 Å². The molecule has 2 fully saturated rings. The number of pyridine rings is 1. The first-order valence-corrected chi connectivity index (χ1v) is 9.92. The number of carbonyl (C=O) groups excluding carboxylic acids is 1. The van der Waals surface area contributed by atoms with Crippen molar-refractivity contribution in [3.8, 4) is 5.75 Å². The number of amides is 1. The summed E-state index contributed by atoms with van der Waals surface area (Å²) in [7, 11) is 3.48. The minimum Gasteiger partial charge on any atom is -0.496 e. The molecule has 1 aliphatic carbocycles. The van der Waals surface area contributed by atoms with Gasteiger partial charge in [0.15, 0.2) is 0 Å². The lowest BCUT2D eigenvalue weighted by molar-refractivity contribution is 0.0926. The van der Waals surface area contributed by atoms with Crippen molar-refractivity contribution in [1.29, 1.82) is 0 Å². The van der Waals surface area contributed by atoms with Gasteiger partial charge in [-0.2, -0.15) is 0 Å². The lowest BCUT2D eigenvalue weighted by Gasteiger charge is -2.12. The number of rotatable bonds is 9. The molecule has 3 atom stereocenters. The fourth-order valence-corrected chi connectivity index (χ4v) is 3.94. The second-order valence-electron chi connectivity index (χ2n) is 7.54. The highest BCUT2D eigenvalue weighted by atomic mass is 16.5. The molecule has 2 aromatic rings. The van der Waals surface area contributed by atoms with E-state index in [1.807, 2.05) is 43.4 Å². The molecule has 1 amide bonds. The molecular weight excluding hydrogens is 370 g/mol. The minimum atomic E-state index is -0.0667. The number of carbonyl (C=O) groups is 1. The second kappa shape index (κ2) is 8.90. The SMILES string of the molecule is CNCOCc1cc(C(=O)NC2[C@H]3COC[C@@H]23)cc(Cc2ccccc2OC)n1. The number of nitrogens with zero attached hydrogens (tertiary/aromatic N) is 1. The van der Waals surface area contributed by atoms with E-state index in [0.717, 1.165) is 35.9 Å².